The molecule has 4 aromatic carbocycles. The number of benzene rings is 4. The van der Waals surface area contributed by atoms with Crippen molar-refractivity contribution in [3.05, 3.63) is 166 Å². The van der Waals surface area contributed by atoms with E-state index in [-0.39, 0.29) is 171 Å². The Morgan fingerprint density at radius 1 is 0.504 bits per heavy atom. The first-order valence-corrected chi connectivity index (χ1v) is 41.7. The van der Waals surface area contributed by atoms with E-state index in [1.165, 1.54) is 85.5 Å². The predicted octanol–water partition coefficient (Wildman–Crippen LogP) is 7.88. The quantitative estimate of drug-likeness (QED) is 0.0116. The number of nitrogens with one attached hydrogen (secondary N) is 10. The minimum absolute atomic E-state index is 0.000473. The summed E-state index contributed by atoms with van der Waals surface area (Å²) in [7, 11) is 2.89. The number of hydrogen-bond acceptors (Lipinski definition) is 25. The number of carbonyl (C=O) groups is 14. The molecule has 2 atom stereocenters. The first-order valence-electron chi connectivity index (χ1n) is 42.4. The number of fused-ring (bicyclic) bond motifs is 4. The molecule has 8 aliphatic rings. The van der Waals surface area contributed by atoms with E-state index >= 15 is 0 Å². The lowest BCUT2D eigenvalue weighted by Crippen LogP contribution is -2.57. The first-order chi connectivity index (χ1) is 62.1. The molecule has 8 aromatic rings. The normalized spacial score (nSPS) is 17.6. The van der Waals surface area contributed by atoms with Crippen LogP contribution < -0.4 is 58.9 Å². The lowest BCUT2D eigenvalue weighted by Gasteiger charge is -2.36. The molecule has 13 N–H and O–H groups in total. The Morgan fingerprint density at radius 3 is 1.29 bits per heavy atom. The topological polar surface area (TPSA) is 470 Å². The number of anilines is 4. The molecule has 10 heterocycles. The van der Waals surface area contributed by atoms with E-state index in [4.69, 9.17) is 12.2 Å². The van der Waals surface area contributed by atoms with Crippen molar-refractivity contribution in [3.8, 4) is 22.3 Å². The van der Waals surface area contributed by atoms with E-state index < -0.39 is 114 Å². The molecule has 0 spiro atoms. The van der Waals surface area contributed by atoms with Gasteiger partial charge in [0.1, 0.15) is 30.0 Å². The third kappa shape index (κ3) is 21.7. The molecule has 6 aliphatic heterocycles. The summed E-state index contributed by atoms with van der Waals surface area (Å²) in [5.74, 6) is -7.88. The highest BCUT2D eigenvalue weighted by molar-refractivity contribution is 6.27. The molecule has 0 radical (unpaired) electrons. The van der Waals surface area contributed by atoms with Crippen LogP contribution in [0, 0.1) is 0 Å². The Labute approximate surface area is 733 Å². The van der Waals surface area contributed by atoms with Gasteiger partial charge >= 0.3 is 18.3 Å². The smallest absolute Gasteiger partial charge is 0.417 e. The fraction of sp³-hybridized carbons (Fsp3) is 0.386. The third-order valence-corrected chi connectivity index (χ3v) is 22.6. The standard InChI is InChI=1S/C44H44F3N9O7.C28H32F3N7O2.C15H13N3O6.CH3F/c1-55-21-25(22-55)53-39(59)30-20-51-34-17-31(44(45,46)47)28(16-29(34)38(30)52-24-10-11-24)23-9-12-33(49-18-23)40(60)48-15-4-2-3-6-26(57)19-50-32-8-5-7-27-37(32)43(63)56(42(27)62)35-13-14-36(58)54-41(35)61;1-38-14-18(15-38)37-26(39)21-13-35-24-11-22(28(29,30)31)19(10-20(24)25(21)36-17-5-6-17)16-4-7-23(34-12-16)27(40)33-9-3-2-8-32;19-10-5-4-9(13(22)17-10)18-14(23)7-2-1-3-8(12(7)15(18)24)16-6-11(20)21;1-2/h5,7-9,12,16-18,20,24-25,35,50H,2-4,6,10-11,13-15,19,21-22H2,1H3,(H,48,60)(H,51,52)(H,53,59)(H,54,58,61);4,7,10-13,17-18H,2-3,5-6,8-9,14-15,32H2,1H3,(H,33,40)(H,35,36)(H,37,39);1-3,9,16H,4-6H2,(H,20,21)(H,17,19,22);1H3/i;;;1D. The highest BCUT2D eigenvalue weighted by Gasteiger charge is 2.48. The highest BCUT2D eigenvalue weighted by Crippen LogP contribution is 2.45. The number of ketones is 1. The number of carbonyl (C=O) groups excluding carboxylic acids is 13. The zero-order valence-corrected chi connectivity index (χ0v) is 69.8. The maximum absolute atomic E-state index is 14.5. The van der Waals surface area contributed by atoms with Crippen molar-refractivity contribution < 1.29 is 104 Å². The number of aliphatic carboxylic acids is 1. The van der Waals surface area contributed by atoms with E-state index in [1.54, 1.807) is 12.1 Å². The van der Waals surface area contributed by atoms with Crippen LogP contribution in [0.5, 0.6) is 0 Å². The molecule has 4 saturated heterocycles. The number of carboxylic acid groups (broad SMARTS) is 1. The van der Waals surface area contributed by atoms with E-state index in [1.807, 2.05) is 14.1 Å². The van der Waals surface area contributed by atoms with Crippen molar-refractivity contribution in [1.82, 2.24) is 71.4 Å². The molecule has 12 amide bonds. The number of aromatic nitrogens is 4. The number of rotatable bonds is 30. The number of nitrogens with two attached hydrogens (primary N) is 1. The monoisotopic (exact) mass is 1790 g/mol. The van der Waals surface area contributed by atoms with Gasteiger partial charge in [0.2, 0.25) is 23.6 Å². The minimum atomic E-state index is -4.74. The Hall–Kier alpha value is -13.8. The van der Waals surface area contributed by atoms with Gasteiger partial charge in [-0.1, -0.05) is 30.7 Å². The number of hydrogen-bond donors (Lipinski definition) is 12. The summed E-state index contributed by atoms with van der Waals surface area (Å²) in [5, 5.41) is 37.4. The summed E-state index contributed by atoms with van der Waals surface area (Å²) >= 11 is 0. The number of nitrogens with zero attached hydrogens (tertiary/aromatic N) is 8. The molecule has 0 bridgehead atoms. The largest absolute Gasteiger partial charge is 0.480 e. The maximum atomic E-state index is 14.5. The SMILES string of the molecule is CN1CC(NC(=O)c2cnc3cc(C(F)(F)F)c(-c4ccc(C(=O)NCCCCCC(=O)CNc5cccc6c5C(=O)N(C5CCC(=O)NC5=O)C6=O)nc4)cc3c2NC2CC2)C1.CN1CC(NC(=O)c2cnc3cc(C(F)(F)F)c(-c4ccc(C(=O)NCCCCN)nc4)cc3c2NC2CC2)C1.O=C(O)CNc1cccc2c1C(=O)N(C1CCC(=O)NC1=O)C2=O.[2H]CF. The first kappa shape index (κ1) is 91.4. The molecule has 4 aromatic heterocycles. The molecule has 678 valence electrons. The summed E-state index contributed by atoms with van der Waals surface area (Å²) in [4.78, 5) is 197. The van der Waals surface area contributed by atoms with Crippen LogP contribution >= 0.6 is 0 Å². The zero-order chi connectivity index (χ0) is 93.2. The number of likely N-dealkylation sites (tertiary alicyclic amines) is 2. The van der Waals surface area contributed by atoms with Crippen molar-refractivity contribution in [1.29, 1.82) is 0 Å². The van der Waals surface area contributed by atoms with Gasteiger partial charge in [0.25, 0.3) is 47.3 Å². The number of piperidine rings is 2. The summed E-state index contributed by atoms with van der Waals surface area (Å²) in [6, 6.07) is 17.4. The summed E-state index contributed by atoms with van der Waals surface area (Å²) in [6.07, 6.45) is 2.67. The summed E-state index contributed by atoms with van der Waals surface area (Å²) in [6.45, 7) is 3.50. The van der Waals surface area contributed by atoms with Gasteiger partial charge in [-0.2, -0.15) is 26.3 Å². The Kier molecular flexibility index (Phi) is 28.3. The summed E-state index contributed by atoms with van der Waals surface area (Å²) < 4.78 is 102. The van der Waals surface area contributed by atoms with Gasteiger partial charge in [-0.3, -0.25) is 112 Å². The number of likely N-dealkylation sites (N-methyl/N-ethyl adjacent to an activating group) is 2. The van der Waals surface area contributed by atoms with Crippen molar-refractivity contribution in [2.75, 3.05) is 101 Å². The van der Waals surface area contributed by atoms with Gasteiger partial charge in [-0.15, -0.1) is 0 Å². The molecule has 2 aliphatic carbocycles. The number of unbranched alkanes of at least 4 members (excludes halogenated alkanes) is 3. The highest BCUT2D eigenvalue weighted by atomic mass is 19.4. The van der Waals surface area contributed by atoms with Gasteiger partial charge in [-0.05, 0) is 157 Å². The van der Waals surface area contributed by atoms with Gasteiger partial charge in [-0.25, -0.2) is 0 Å². The number of Topliss-reactive ketones (excluding diaryl/α,β-unsaturated/α-hetero) is 1. The van der Waals surface area contributed by atoms with Crippen molar-refractivity contribution in [3.63, 3.8) is 0 Å². The Bertz CT molecular complexity index is 5790. The predicted molar refractivity (Wildman–Crippen MR) is 455 cm³/mol. The van der Waals surface area contributed by atoms with Crippen LogP contribution in [-0.2, 0) is 41.1 Å². The van der Waals surface area contributed by atoms with Gasteiger partial charge in [0.15, 0.2) is 5.78 Å². The molecule has 41 heteroatoms. The number of amides is 12. The lowest BCUT2D eigenvalue weighted by molar-refractivity contribution is -0.137. The number of carboxylic acids is 1. The second-order valence-corrected chi connectivity index (χ2v) is 32.2. The van der Waals surface area contributed by atoms with E-state index in [0.29, 0.717) is 73.2 Å². The molecule has 16 rings (SSSR count). The molecule has 2 unspecified atom stereocenters. The molecule has 6 fully saturated rings. The third-order valence-electron chi connectivity index (χ3n) is 22.6. The summed E-state index contributed by atoms with van der Waals surface area (Å²) in [5.41, 5.74) is 6.18. The number of pyridine rings is 4. The average Bonchev–Trinajstić information content (AvgIpc) is 1.74. The second kappa shape index (κ2) is 40.0. The maximum Gasteiger partial charge on any atom is 0.417 e. The van der Waals surface area contributed by atoms with Crippen LogP contribution in [-0.4, -0.2) is 244 Å². The van der Waals surface area contributed by atoms with E-state index in [9.17, 15) is 97.9 Å². The van der Waals surface area contributed by atoms with Crippen LogP contribution in [0.2, 0.25) is 0 Å². The van der Waals surface area contributed by atoms with Gasteiger partial charge in [0.05, 0.1) is 94.1 Å². The lowest BCUT2D eigenvalue weighted by atomic mass is 9.96. The van der Waals surface area contributed by atoms with Crippen LogP contribution in [0.3, 0.4) is 0 Å². The molecular formula is C88H92F7N19O15. The number of imide groups is 4. The van der Waals surface area contributed by atoms with Crippen molar-refractivity contribution >= 4 is 127 Å². The number of halogens is 7. The molecular weight excluding hydrogens is 1700 g/mol. The van der Waals surface area contributed by atoms with Crippen LogP contribution in [0.15, 0.2) is 110 Å². The second-order valence-electron chi connectivity index (χ2n) is 32.2. The van der Waals surface area contributed by atoms with E-state index in [0.717, 1.165) is 73.5 Å². The van der Waals surface area contributed by atoms with Crippen molar-refractivity contribution in [2.45, 2.75) is 138 Å². The van der Waals surface area contributed by atoms with Crippen LogP contribution in [0.4, 0.5) is 53.5 Å². The van der Waals surface area contributed by atoms with Gasteiger partial charge in [0, 0.05) is 129 Å². The Balaban J connectivity index is 0.000000182. The van der Waals surface area contributed by atoms with Gasteiger partial charge < -0.3 is 63.2 Å². The van der Waals surface area contributed by atoms with E-state index in [2.05, 4.69) is 82.9 Å². The fourth-order valence-corrected chi connectivity index (χ4v) is 15.7. The fourth-order valence-electron chi connectivity index (χ4n) is 15.7. The molecule has 34 nitrogen and oxygen atoms in total. The molecule has 129 heavy (non-hydrogen) atoms. The Morgan fingerprint density at radius 2 is 0.922 bits per heavy atom. The zero-order valence-electron chi connectivity index (χ0n) is 70.8. The van der Waals surface area contributed by atoms with Crippen LogP contribution in [0.25, 0.3) is 44.1 Å². The average molecular weight is 1790 g/mol. The molecule has 2 saturated carbocycles. The van der Waals surface area contributed by atoms with Crippen LogP contribution in [0.1, 0.15) is 186 Å². The minimum Gasteiger partial charge on any atom is -0.480 e. The van der Waals surface area contributed by atoms with Crippen molar-refractivity contribution in [2.24, 2.45) is 5.73 Å². The number of alkyl halides is 7.